The van der Waals surface area contributed by atoms with Crippen molar-refractivity contribution in [1.82, 2.24) is 9.88 Å². The molecule has 4 rings (SSSR count). The summed E-state index contributed by atoms with van der Waals surface area (Å²) in [7, 11) is 0. The molecule has 8 nitrogen and oxygen atoms in total. The number of thiazole rings is 1. The first-order chi connectivity index (χ1) is 13.6. The fourth-order valence-corrected chi connectivity index (χ4v) is 3.91. The molecule has 1 aromatic heterocycles. The molecule has 1 aromatic carbocycles. The van der Waals surface area contributed by atoms with Crippen LogP contribution >= 0.6 is 11.3 Å². The lowest BCUT2D eigenvalue weighted by atomic mass is 10.1. The molecule has 0 radical (unpaired) electrons. The van der Waals surface area contributed by atoms with Gasteiger partial charge in [0.25, 0.3) is 5.91 Å². The average Bonchev–Trinajstić information content (AvgIpc) is 3.42. The Morgan fingerprint density at radius 3 is 2.93 bits per heavy atom. The van der Waals surface area contributed by atoms with Crippen LogP contribution in [0.5, 0.6) is 11.5 Å². The molecule has 0 saturated carbocycles. The predicted octanol–water partition coefficient (Wildman–Crippen LogP) is 2.44. The minimum atomic E-state index is -0.290. The molecule has 1 atom stereocenters. The smallest absolute Gasteiger partial charge is 0.254 e. The van der Waals surface area contributed by atoms with Crippen molar-refractivity contribution in [2.75, 3.05) is 31.8 Å². The highest BCUT2D eigenvalue weighted by Gasteiger charge is 2.26. The minimum absolute atomic E-state index is 0.0622. The van der Waals surface area contributed by atoms with Crippen LogP contribution in [0.1, 0.15) is 28.9 Å². The summed E-state index contributed by atoms with van der Waals surface area (Å²) < 4.78 is 16.3. The van der Waals surface area contributed by atoms with Crippen LogP contribution in [0.4, 0.5) is 5.13 Å². The zero-order valence-corrected chi connectivity index (χ0v) is 16.3. The maximum absolute atomic E-state index is 13.1. The Morgan fingerprint density at radius 1 is 1.32 bits per heavy atom. The van der Waals surface area contributed by atoms with Crippen molar-refractivity contribution in [2.45, 2.75) is 25.9 Å². The second kappa shape index (κ2) is 8.15. The fourth-order valence-electron chi connectivity index (χ4n) is 3.21. The Labute approximate surface area is 166 Å². The van der Waals surface area contributed by atoms with Crippen molar-refractivity contribution in [3.05, 3.63) is 34.8 Å². The van der Waals surface area contributed by atoms with Crippen LogP contribution in [0.25, 0.3) is 0 Å². The summed E-state index contributed by atoms with van der Waals surface area (Å²) in [6.45, 7) is 2.96. The summed E-state index contributed by atoms with van der Waals surface area (Å²) >= 11 is 1.35. The van der Waals surface area contributed by atoms with E-state index >= 15 is 0 Å². The fraction of sp³-hybridized carbons (Fsp3) is 0.421. The number of carbonyl (C=O) groups is 2. The van der Waals surface area contributed by atoms with E-state index in [2.05, 4.69) is 10.3 Å². The van der Waals surface area contributed by atoms with Crippen LogP contribution in [0.3, 0.4) is 0 Å². The van der Waals surface area contributed by atoms with Gasteiger partial charge in [-0.1, -0.05) is 0 Å². The van der Waals surface area contributed by atoms with Gasteiger partial charge in [0.1, 0.15) is 6.54 Å². The van der Waals surface area contributed by atoms with Gasteiger partial charge in [0.05, 0.1) is 11.8 Å². The Balaban J connectivity index is 1.48. The van der Waals surface area contributed by atoms with E-state index in [0.717, 1.165) is 18.5 Å². The molecule has 2 aliphatic heterocycles. The molecule has 28 heavy (non-hydrogen) atoms. The highest BCUT2D eigenvalue weighted by molar-refractivity contribution is 7.13. The molecule has 9 heteroatoms. The lowest BCUT2D eigenvalue weighted by Gasteiger charge is -2.25. The Kier molecular flexibility index (Phi) is 5.45. The maximum Gasteiger partial charge on any atom is 0.254 e. The van der Waals surface area contributed by atoms with Crippen LogP contribution < -0.4 is 14.8 Å². The maximum atomic E-state index is 13.1. The summed E-state index contributed by atoms with van der Waals surface area (Å²) in [5.74, 6) is 0.602. The number of hydrogen-bond acceptors (Lipinski definition) is 7. The molecule has 2 amide bonds. The van der Waals surface area contributed by atoms with Crippen molar-refractivity contribution < 1.29 is 23.8 Å². The van der Waals surface area contributed by atoms with E-state index in [1.807, 2.05) is 12.3 Å². The molecule has 0 aliphatic carbocycles. The number of rotatable bonds is 6. The third-order valence-corrected chi connectivity index (χ3v) is 5.43. The number of aromatic nitrogens is 1. The van der Waals surface area contributed by atoms with E-state index < -0.39 is 0 Å². The first-order valence-electron chi connectivity index (χ1n) is 9.11. The lowest BCUT2D eigenvalue weighted by molar-refractivity contribution is -0.117. The van der Waals surface area contributed by atoms with Gasteiger partial charge in [0, 0.05) is 24.1 Å². The summed E-state index contributed by atoms with van der Waals surface area (Å²) in [6, 6.07) is 5.04. The van der Waals surface area contributed by atoms with Gasteiger partial charge in [-0.05, 0) is 38.0 Å². The second-order valence-corrected chi connectivity index (χ2v) is 7.59. The zero-order valence-electron chi connectivity index (χ0n) is 15.5. The number of benzene rings is 1. The topological polar surface area (TPSA) is 90.0 Å². The first-order valence-corrected chi connectivity index (χ1v) is 9.99. The number of carbonyl (C=O) groups excluding carboxylic acids is 2. The van der Waals surface area contributed by atoms with Gasteiger partial charge < -0.3 is 24.4 Å². The van der Waals surface area contributed by atoms with Gasteiger partial charge >= 0.3 is 0 Å². The Hall–Kier alpha value is -2.65. The average molecular weight is 403 g/mol. The number of nitrogens with zero attached hydrogens (tertiary/aromatic N) is 2. The van der Waals surface area contributed by atoms with E-state index in [4.69, 9.17) is 14.2 Å². The van der Waals surface area contributed by atoms with Crippen LogP contribution in [0.15, 0.2) is 23.6 Å². The second-order valence-electron chi connectivity index (χ2n) is 6.73. The van der Waals surface area contributed by atoms with Crippen LogP contribution in [0.2, 0.25) is 0 Å². The first kappa shape index (κ1) is 18.7. The van der Waals surface area contributed by atoms with Crippen molar-refractivity contribution in [3.8, 4) is 11.5 Å². The van der Waals surface area contributed by atoms with E-state index in [-0.39, 0.29) is 31.3 Å². The van der Waals surface area contributed by atoms with Crippen molar-refractivity contribution in [1.29, 1.82) is 0 Å². The molecule has 0 bridgehead atoms. The Morgan fingerprint density at radius 2 is 2.18 bits per heavy atom. The normalized spacial score (nSPS) is 17.5. The number of anilines is 1. The van der Waals surface area contributed by atoms with Gasteiger partial charge in [0.2, 0.25) is 12.7 Å². The number of hydrogen-bond donors (Lipinski definition) is 1. The standard InChI is InChI=1S/C19H21N3O5S/c1-12-10-28-19(20-12)21-17(23)9-22(8-14-3-2-6-25-14)18(24)13-4-5-15-16(7-13)27-11-26-15/h4-5,7,10,14H,2-3,6,8-9,11H2,1H3,(H,20,21,23). The number of amides is 2. The van der Waals surface area contributed by atoms with E-state index in [0.29, 0.717) is 35.3 Å². The monoisotopic (exact) mass is 403 g/mol. The van der Waals surface area contributed by atoms with Crippen LogP contribution in [-0.2, 0) is 9.53 Å². The van der Waals surface area contributed by atoms with Gasteiger partial charge in [-0.25, -0.2) is 4.98 Å². The zero-order chi connectivity index (χ0) is 19.5. The third kappa shape index (κ3) is 4.26. The van der Waals surface area contributed by atoms with Gasteiger partial charge in [-0.3, -0.25) is 9.59 Å². The lowest BCUT2D eigenvalue weighted by Crippen LogP contribution is -2.42. The summed E-state index contributed by atoms with van der Waals surface area (Å²) in [4.78, 5) is 31.4. The van der Waals surface area contributed by atoms with Crippen LogP contribution in [-0.4, -0.2) is 54.3 Å². The number of ether oxygens (including phenoxy) is 3. The van der Waals surface area contributed by atoms with Gasteiger partial charge in [-0.2, -0.15) is 0 Å². The largest absolute Gasteiger partial charge is 0.454 e. The third-order valence-electron chi connectivity index (χ3n) is 4.55. The molecule has 1 N–H and O–H groups in total. The van der Waals surface area contributed by atoms with Gasteiger partial charge in [-0.15, -0.1) is 11.3 Å². The SMILES string of the molecule is Cc1csc(NC(=O)CN(CC2CCCO2)C(=O)c2ccc3c(c2)OCO3)n1. The van der Waals surface area contributed by atoms with Crippen molar-refractivity contribution in [2.24, 2.45) is 0 Å². The van der Waals surface area contributed by atoms with Crippen molar-refractivity contribution in [3.63, 3.8) is 0 Å². The molecule has 1 unspecified atom stereocenters. The van der Waals surface area contributed by atoms with Crippen LogP contribution in [0, 0.1) is 6.92 Å². The van der Waals surface area contributed by atoms with E-state index in [1.54, 1.807) is 18.2 Å². The molecule has 148 valence electrons. The van der Waals surface area contributed by atoms with E-state index in [1.165, 1.54) is 16.2 Å². The number of nitrogens with one attached hydrogen (secondary N) is 1. The van der Waals surface area contributed by atoms with Crippen molar-refractivity contribution >= 4 is 28.3 Å². The molecule has 1 saturated heterocycles. The van der Waals surface area contributed by atoms with Gasteiger partial charge in [0.15, 0.2) is 16.6 Å². The minimum Gasteiger partial charge on any atom is -0.454 e. The molecule has 2 aromatic rings. The molecule has 0 spiro atoms. The summed E-state index contributed by atoms with van der Waals surface area (Å²) in [6.07, 6.45) is 1.77. The highest BCUT2D eigenvalue weighted by Crippen LogP contribution is 2.33. The Bertz CT molecular complexity index is 878. The molecule has 3 heterocycles. The molecular weight excluding hydrogens is 382 g/mol. The molecule has 2 aliphatic rings. The summed E-state index contributed by atoms with van der Waals surface area (Å²) in [5, 5.41) is 5.14. The van der Waals surface area contributed by atoms with E-state index in [9.17, 15) is 9.59 Å². The predicted molar refractivity (Wildman–Crippen MR) is 103 cm³/mol. The number of aryl methyl sites for hydroxylation is 1. The quantitative estimate of drug-likeness (QED) is 0.797. The highest BCUT2D eigenvalue weighted by atomic mass is 32.1. The molecular formula is C19H21N3O5S. The summed E-state index contributed by atoms with van der Waals surface area (Å²) in [5.41, 5.74) is 1.29. The molecule has 1 fully saturated rings. The number of fused-ring (bicyclic) bond motifs is 1.